The zero-order chi connectivity index (χ0) is 27.1. The molecule has 194 valence electrons. The van der Waals surface area contributed by atoms with Crippen molar-refractivity contribution in [2.75, 3.05) is 26.1 Å². The van der Waals surface area contributed by atoms with E-state index in [9.17, 15) is 14.0 Å². The van der Waals surface area contributed by atoms with E-state index in [2.05, 4.69) is 15.8 Å². The Morgan fingerprint density at radius 2 is 1.63 bits per heavy atom. The Hall–Kier alpha value is -4.63. The second kappa shape index (κ2) is 12.1. The first-order chi connectivity index (χ1) is 18.4. The standard InChI is InChI=1S/C28H23ClFN3O5/c1-36-24-14-19-6-4-3-5-18(19)13-22(24)28(35)33-31-15-17-11-23(29)27(25(12-17)37-2)38-16-26(34)32-21-9-7-20(30)8-10-21/h3-15H,16H2,1-2H3,(H,32,34)(H,33,35)/b31-15-. The van der Waals surface area contributed by atoms with Crippen molar-refractivity contribution in [2.45, 2.75) is 0 Å². The van der Waals surface area contributed by atoms with E-state index in [0.29, 0.717) is 22.6 Å². The Bertz CT molecular complexity index is 1510. The molecule has 4 rings (SSSR count). The number of hydrogen-bond acceptors (Lipinski definition) is 6. The number of halogens is 2. The molecule has 0 aromatic heterocycles. The summed E-state index contributed by atoms with van der Waals surface area (Å²) >= 11 is 6.36. The van der Waals surface area contributed by atoms with Gasteiger partial charge >= 0.3 is 0 Å². The molecule has 2 N–H and O–H groups in total. The van der Waals surface area contributed by atoms with E-state index in [0.717, 1.165) is 10.8 Å². The Balaban J connectivity index is 1.42. The van der Waals surface area contributed by atoms with Crippen molar-refractivity contribution >= 4 is 46.1 Å². The van der Waals surface area contributed by atoms with E-state index >= 15 is 0 Å². The first-order valence-electron chi connectivity index (χ1n) is 11.3. The molecule has 0 saturated heterocycles. The molecular weight excluding hydrogens is 513 g/mol. The molecule has 0 bridgehead atoms. The van der Waals surface area contributed by atoms with Gasteiger partial charge in [0.25, 0.3) is 11.8 Å². The number of carbonyl (C=O) groups is 2. The zero-order valence-electron chi connectivity index (χ0n) is 20.5. The third-order valence-corrected chi connectivity index (χ3v) is 5.70. The fourth-order valence-corrected chi connectivity index (χ4v) is 3.89. The van der Waals surface area contributed by atoms with Gasteiger partial charge in [-0.15, -0.1) is 0 Å². The Morgan fingerprint density at radius 1 is 0.947 bits per heavy atom. The van der Waals surface area contributed by atoms with Crippen molar-refractivity contribution in [1.82, 2.24) is 5.43 Å². The summed E-state index contributed by atoms with van der Waals surface area (Å²) in [5.74, 6) is -0.485. The number of hydrogen-bond donors (Lipinski definition) is 2. The summed E-state index contributed by atoms with van der Waals surface area (Å²) in [5.41, 5.74) is 3.76. The summed E-state index contributed by atoms with van der Waals surface area (Å²) in [7, 11) is 2.92. The number of nitrogens with zero attached hydrogens (tertiary/aromatic N) is 1. The van der Waals surface area contributed by atoms with Crippen molar-refractivity contribution < 1.29 is 28.2 Å². The molecule has 8 nitrogen and oxygen atoms in total. The van der Waals surface area contributed by atoms with E-state index < -0.39 is 17.6 Å². The van der Waals surface area contributed by atoms with Crippen LogP contribution in [0.1, 0.15) is 15.9 Å². The topological polar surface area (TPSA) is 98.3 Å². The average molecular weight is 536 g/mol. The smallest absolute Gasteiger partial charge is 0.275 e. The molecule has 0 saturated carbocycles. The van der Waals surface area contributed by atoms with Crippen LogP contribution in [0.3, 0.4) is 0 Å². The lowest BCUT2D eigenvalue weighted by molar-refractivity contribution is -0.118. The van der Waals surface area contributed by atoms with Gasteiger partial charge in [0.2, 0.25) is 0 Å². The summed E-state index contributed by atoms with van der Waals surface area (Å²) in [5, 5.41) is 8.62. The Labute approximate surface area is 223 Å². The van der Waals surface area contributed by atoms with Crippen LogP contribution in [0.5, 0.6) is 17.2 Å². The summed E-state index contributed by atoms with van der Waals surface area (Å²) in [6.45, 7) is -0.357. The fraction of sp³-hybridized carbons (Fsp3) is 0.107. The van der Waals surface area contributed by atoms with Gasteiger partial charge in [-0.2, -0.15) is 5.10 Å². The maximum atomic E-state index is 13.0. The molecule has 0 spiro atoms. The molecule has 4 aromatic rings. The number of fused-ring (bicyclic) bond motifs is 1. The molecule has 0 heterocycles. The van der Waals surface area contributed by atoms with Crippen LogP contribution in [0.25, 0.3) is 10.8 Å². The van der Waals surface area contributed by atoms with Crippen molar-refractivity contribution in [1.29, 1.82) is 0 Å². The average Bonchev–Trinajstić information content (AvgIpc) is 2.92. The summed E-state index contributed by atoms with van der Waals surface area (Å²) in [6.07, 6.45) is 1.39. The van der Waals surface area contributed by atoms with E-state index in [4.69, 9.17) is 25.8 Å². The van der Waals surface area contributed by atoms with Crippen LogP contribution in [0.4, 0.5) is 10.1 Å². The number of hydrazone groups is 1. The van der Waals surface area contributed by atoms with Gasteiger partial charge in [-0.1, -0.05) is 35.9 Å². The lowest BCUT2D eigenvalue weighted by Gasteiger charge is -2.13. The number of ether oxygens (including phenoxy) is 3. The van der Waals surface area contributed by atoms with Gasteiger partial charge in [-0.3, -0.25) is 9.59 Å². The minimum Gasteiger partial charge on any atom is -0.496 e. The maximum absolute atomic E-state index is 13.0. The van der Waals surface area contributed by atoms with Gasteiger partial charge in [0, 0.05) is 5.69 Å². The third-order valence-electron chi connectivity index (χ3n) is 5.42. The minimum absolute atomic E-state index is 0.158. The van der Waals surface area contributed by atoms with Gasteiger partial charge < -0.3 is 19.5 Å². The number of carbonyl (C=O) groups excluding carboxylic acids is 2. The number of nitrogens with one attached hydrogen (secondary N) is 2. The minimum atomic E-state index is -0.466. The van der Waals surface area contributed by atoms with Gasteiger partial charge in [-0.05, 0) is 64.9 Å². The van der Waals surface area contributed by atoms with Crippen LogP contribution < -0.4 is 25.0 Å². The highest BCUT2D eigenvalue weighted by Gasteiger charge is 2.15. The molecule has 0 aliphatic rings. The molecule has 0 unspecified atom stereocenters. The summed E-state index contributed by atoms with van der Waals surface area (Å²) in [6, 6.07) is 19.6. The summed E-state index contributed by atoms with van der Waals surface area (Å²) in [4.78, 5) is 25.0. The molecular formula is C28H23ClFN3O5. The molecule has 2 amide bonds. The SMILES string of the molecule is COc1cc2ccccc2cc1C(=O)N/N=C\c1cc(Cl)c(OCC(=O)Nc2ccc(F)cc2)c(OC)c1. The highest BCUT2D eigenvalue weighted by molar-refractivity contribution is 6.32. The fourth-order valence-electron chi connectivity index (χ4n) is 3.61. The van der Waals surface area contributed by atoms with Gasteiger partial charge in [0.15, 0.2) is 18.1 Å². The van der Waals surface area contributed by atoms with Gasteiger partial charge in [0.1, 0.15) is 11.6 Å². The Morgan fingerprint density at radius 3 is 2.32 bits per heavy atom. The van der Waals surface area contributed by atoms with E-state index in [1.807, 2.05) is 24.3 Å². The van der Waals surface area contributed by atoms with Crippen LogP contribution in [-0.4, -0.2) is 38.9 Å². The number of anilines is 1. The number of methoxy groups -OCH3 is 2. The first kappa shape index (κ1) is 26.4. The predicted octanol–water partition coefficient (Wildman–Crippen LogP) is 5.43. The number of benzene rings is 4. The van der Waals surface area contributed by atoms with Crippen LogP contribution in [0, 0.1) is 5.82 Å². The van der Waals surface area contributed by atoms with Crippen LogP contribution in [0.2, 0.25) is 5.02 Å². The van der Waals surface area contributed by atoms with Crippen molar-refractivity contribution in [2.24, 2.45) is 5.10 Å². The van der Waals surface area contributed by atoms with Crippen molar-refractivity contribution in [3.05, 3.63) is 94.8 Å². The van der Waals surface area contributed by atoms with E-state index in [1.54, 1.807) is 24.3 Å². The Kier molecular flexibility index (Phi) is 8.40. The summed E-state index contributed by atoms with van der Waals surface area (Å²) < 4.78 is 29.3. The maximum Gasteiger partial charge on any atom is 0.275 e. The number of amides is 2. The van der Waals surface area contributed by atoms with Crippen LogP contribution >= 0.6 is 11.6 Å². The van der Waals surface area contributed by atoms with Crippen molar-refractivity contribution in [3.63, 3.8) is 0 Å². The van der Waals surface area contributed by atoms with Gasteiger partial charge in [-0.25, -0.2) is 9.82 Å². The lowest BCUT2D eigenvalue weighted by Crippen LogP contribution is -2.20. The monoisotopic (exact) mass is 535 g/mol. The molecule has 4 aromatic carbocycles. The first-order valence-corrected chi connectivity index (χ1v) is 11.7. The van der Waals surface area contributed by atoms with Crippen LogP contribution in [0.15, 0.2) is 77.9 Å². The molecule has 0 aliphatic carbocycles. The predicted molar refractivity (Wildman–Crippen MR) is 144 cm³/mol. The second-order valence-corrected chi connectivity index (χ2v) is 8.38. The normalized spacial score (nSPS) is 10.8. The highest BCUT2D eigenvalue weighted by Crippen LogP contribution is 2.36. The number of rotatable bonds is 9. The molecule has 0 aliphatic heterocycles. The molecule has 0 radical (unpaired) electrons. The zero-order valence-corrected chi connectivity index (χ0v) is 21.2. The van der Waals surface area contributed by atoms with Crippen LogP contribution in [-0.2, 0) is 4.79 Å². The van der Waals surface area contributed by atoms with E-state index in [1.165, 1.54) is 44.7 Å². The molecule has 0 atom stereocenters. The quantitative estimate of drug-likeness (QED) is 0.220. The molecule has 38 heavy (non-hydrogen) atoms. The molecule has 0 fully saturated rings. The molecule has 10 heteroatoms. The third kappa shape index (κ3) is 6.37. The van der Waals surface area contributed by atoms with E-state index in [-0.39, 0.29) is 23.1 Å². The highest BCUT2D eigenvalue weighted by atomic mass is 35.5. The second-order valence-electron chi connectivity index (χ2n) is 7.98. The largest absolute Gasteiger partial charge is 0.496 e. The lowest BCUT2D eigenvalue weighted by atomic mass is 10.1. The van der Waals surface area contributed by atoms with Crippen molar-refractivity contribution in [3.8, 4) is 17.2 Å². The van der Waals surface area contributed by atoms with Gasteiger partial charge in [0.05, 0.1) is 31.0 Å².